The highest BCUT2D eigenvalue weighted by Crippen LogP contribution is 2.28. The maximum absolute atomic E-state index is 13.0. The highest BCUT2D eigenvalue weighted by Gasteiger charge is 2.28. The number of fused-ring (bicyclic) bond motifs is 1. The van der Waals surface area contributed by atoms with Crippen LogP contribution in [0.15, 0.2) is 71.6 Å². The molecule has 0 fully saturated rings. The van der Waals surface area contributed by atoms with Crippen LogP contribution in [0.1, 0.15) is 27.0 Å². The first-order chi connectivity index (χ1) is 15.3. The molecule has 0 unspecified atom stereocenters. The highest BCUT2D eigenvalue weighted by molar-refractivity contribution is 7.89. The van der Waals surface area contributed by atoms with Crippen LogP contribution in [0.2, 0.25) is 0 Å². The highest BCUT2D eigenvalue weighted by atomic mass is 32.2. The van der Waals surface area contributed by atoms with Gasteiger partial charge in [-0.2, -0.15) is 4.31 Å². The number of hydrogen-bond acceptors (Lipinski definition) is 5. The Labute approximate surface area is 185 Å². The lowest BCUT2D eigenvalue weighted by Crippen LogP contribution is -2.36. The van der Waals surface area contributed by atoms with Crippen LogP contribution in [-0.2, 0) is 23.0 Å². The van der Waals surface area contributed by atoms with E-state index in [9.17, 15) is 23.3 Å². The van der Waals surface area contributed by atoms with Crippen LogP contribution in [0, 0.1) is 17.0 Å². The molecule has 8 nitrogen and oxygen atoms in total. The van der Waals surface area contributed by atoms with Crippen molar-refractivity contribution in [3.63, 3.8) is 0 Å². The van der Waals surface area contributed by atoms with E-state index in [2.05, 4.69) is 5.32 Å². The van der Waals surface area contributed by atoms with Crippen LogP contribution in [0.4, 0.5) is 11.4 Å². The number of nitro benzene ring substituents is 1. The van der Waals surface area contributed by atoms with Gasteiger partial charge in [0.2, 0.25) is 10.0 Å². The molecular weight excluding hydrogens is 430 g/mol. The molecule has 9 heteroatoms. The second-order valence-corrected chi connectivity index (χ2v) is 9.55. The largest absolute Gasteiger partial charge is 0.322 e. The van der Waals surface area contributed by atoms with E-state index in [1.54, 1.807) is 42.5 Å². The predicted octanol–water partition coefficient (Wildman–Crippen LogP) is 3.90. The zero-order valence-corrected chi connectivity index (χ0v) is 18.1. The van der Waals surface area contributed by atoms with E-state index in [4.69, 9.17) is 0 Å². The van der Waals surface area contributed by atoms with Gasteiger partial charge in [0.05, 0.1) is 9.82 Å². The van der Waals surface area contributed by atoms with Crippen LogP contribution < -0.4 is 5.32 Å². The lowest BCUT2D eigenvalue weighted by molar-refractivity contribution is -0.385. The fourth-order valence-electron chi connectivity index (χ4n) is 3.70. The number of rotatable bonds is 5. The summed E-state index contributed by atoms with van der Waals surface area (Å²) in [5.41, 5.74) is 2.89. The molecule has 3 aromatic rings. The first-order valence-corrected chi connectivity index (χ1v) is 11.4. The Hall–Kier alpha value is -3.56. The summed E-state index contributed by atoms with van der Waals surface area (Å²) in [5, 5.41) is 13.9. The standard InChI is InChI=1S/C23H21N3O5S/c1-16-6-10-20(11-7-16)32(30,31)25-13-12-17-8-9-19(14-18(17)15-25)24-23(27)21-4-2-3-5-22(21)26(28)29/h2-11,14H,12-13,15H2,1H3,(H,24,27). The molecule has 0 aliphatic carbocycles. The van der Waals surface area contributed by atoms with E-state index < -0.39 is 20.9 Å². The molecule has 1 N–H and O–H groups in total. The molecule has 1 aliphatic heterocycles. The average molecular weight is 452 g/mol. The van der Waals surface area contributed by atoms with Gasteiger partial charge in [0.15, 0.2) is 0 Å². The lowest BCUT2D eigenvalue weighted by Gasteiger charge is -2.28. The minimum atomic E-state index is -3.64. The molecule has 1 heterocycles. The van der Waals surface area contributed by atoms with Crippen LogP contribution in [0.5, 0.6) is 0 Å². The summed E-state index contributed by atoms with van der Waals surface area (Å²) in [7, 11) is -3.64. The number of para-hydroxylation sites is 1. The van der Waals surface area contributed by atoms with Gasteiger partial charge in [0.25, 0.3) is 11.6 Å². The summed E-state index contributed by atoms with van der Waals surface area (Å²) in [4.78, 5) is 23.5. The van der Waals surface area contributed by atoms with Crippen molar-refractivity contribution in [2.24, 2.45) is 0 Å². The Bertz CT molecular complexity index is 1300. The van der Waals surface area contributed by atoms with Gasteiger partial charge in [-0.25, -0.2) is 8.42 Å². The monoisotopic (exact) mass is 451 g/mol. The maximum Gasteiger partial charge on any atom is 0.282 e. The van der Waals surface area contributed by atoms with Crippen molar-refractivity contribution < 1.29 is 18.1 Å². The number of aryl methyl sites for hydroxylation is 1. The number of nitro groups is 1. The maximum atomic E-state index is 13.0. The summed E-state index contributed by atoms with van der Waals surface area (Å²) < 4.78 is 27.5. The van der Waals surface area contributed by atoms with Gasteiger partial charge in [-0.05, 0) is 54.8 Å². The van der Waals surface area contributed by atoms with Gasteiger partial charge in [-0.1, -0.05) is 35.9 Å². The zero-order valence-electron chi connectivity index (χ0n) is 17.3. The van der Waals surface area contributed by atoms with Crippen LogP contribution in [0.3, 0.4) is 0 Å². The van der Waals surface area contributed by atoms with Gasteiger partial charge >= 0.3 is 0 Å². The molecule has 32 heavy (non-hydrogen) atoms. The topological polar surface area (TPSA) is 110 Å². The third-order valence-electron chi connectivity index (χ3n) is 5.45. The molecule has 164 valence electrons. The van der Waals surface area contributed by atoms with Crippen molar-refractivity contribution in [1.82, 2.24) is 4.31 Å². The number of carbonyl (C=O) groups excluding carboxylic acids is 1. The summed E-state index contributed by atoms with van der Waals surface area (Å²) in [6, 6.07) is 17.7. The molecule has 3 aromatic carbocycles. The number of carbonyl (C=O) groups is 1. The first-order valence-electron chi connectivity index (χ1n) is 9.99. The van der Waals surface area contributed by atoms with Crippen molar-refractivity contribution >= 4 is 27.3 Å². The summed E-state index contributed by atoms with van der Waals surface area (Å²) in [6.07, 6.45) is 0.554. The summed E-state index contributed by atoms with van der Waals surface area (Å²) in [5.74, 6) is -0.600. The number of sulfonamides is 1. The lowest BCUT2D eigenvalue weighted by atomic mass is 10.0. The molecule has 0 spiro atoms. The van der Waals surface area contributed by atoms with Crippen molar-refractivity contribution in [3.8, 4) is 0 Å². The van der Waals surface area contributed by atoms with Crippen molar-refractivity contribution in [1.29, 1.82) is 0 Å². The molecule has 4 rings (SSSR count). The first kappa shape index (κ1) is 21.7. The van der Waals surface area contributed by atoms with Crippen molar-refractivity contribution in [3.05, 3.63) is 99.1 Å². The Morgan fingerprint density at radius 1 is 1.03 bits per heavy atom. The van der Waals surface area contributed by atoms with E-state index >= 15 is 0 Å². The number of anilines is 1. The number of nitrogens with zero attached hydrogens (tertiary/aromatic N) is 2. The molecule has 0 atom stereocenters. The summed E-state index contributed by atoms with van der Waals surface area (Å²) in [6.45, 7) is 2.44. The third kappa shape index (κ3) is 4.25. The van der Waals surface area contributed by atoms with Crippen molar-refractivity contribution in [2.75, 3.05) is 11.9 Å². The Kier molecular flexibility index (Phi) is 5.77. The van der Waals surface area contributed by atoms with E-state index in [0.717, 1.165) is 16.7 Å². The Morgan fingerprint density at radius 2 is 1.75 bits per heavy atom. The van der Waals surface area contributed by atoms with Gasteiger partial charge < -0.3 is 5.32 Å². The van der Waals surface area contributed by atoms with Gasteiger partial charge in [-0.15, -0.1) is 0 Å². The van der Waals surface area contributed by atoms with Crippen LogP contribution >= 0.6 is 0 Å². The second-order valence-electron chi connectivity index (χ2n) is 7.61. The van der Waals surface area contributed by atoms with E-state index in [1.807, 2.05) is 13.0 Å². The van der Waals surface area contributed by atoms with Crippen LogP contribution in [-0.4, -0.2) is 30.1 Å². The summed E-state index contributed by atoms with van der Waals surface area (Å²) >= 11 is 0. The molecule has 0 saturated heterocycles. The van der Waals surface area contributed by atoms with E-state index in [-0.39, 0.29) is 22.7 Å². The number of hydrogen-bond donors (Lipinski definition) is 1. The average Bonchev–Trinajstić information content (AvgIpc) is 2.78. The van der Waals surface area contributed by atoms with Gasteiger partial charge in [0.1, 0.15) is 5.56 Å². The second kappa shape index (κ2) is 8.52. The van der Waals surface area contributed by atoms with E-state index in [0.29, 0.717) is 18.7 Å². The number of benzene rings is 3. The van der Waals surface area contributed by atoms with Crippen molar-refractivity contribution in [2.45, 2.75) is 24.8 Å². The number of nitrogens with one attached hydrogen (secondary N) is 1. The molecule has 0 bridgehead atoms. The smallest absolute Gasteiger partial charge is 0.282 e. The molecule has 1 aliphatic rings. The fourth-order valence-corrected chi connectivity index (χ4v) is 5.12. The van der Waals surface area contributed by atoms with Crippen LogP contribution in [0.25, 0.3) is 0 Å². The molecule has 0 aromatic heterocycles. The van der Waals surface area contributed by atoms with E-state index in [1.165, 1.54) is 22.5 Å². The number of amides is 1. The zero-order chi connectivity index (χ0) is 22.9. The minimum Gasteiger partial charge on any atom is -0.322 e. The van der Waals surface area contributed by atoms with Gasteiger partial charge in [-0.3, -0.25) is 14.9 Å². The quantitative estimate of drug-likeness (QED) is 0.467. The molecule has 0 radical (unpaired) electrons. The van der Waals surface area contributed by atoms with Gasteiger partial charge in [0, 0.05) is 24.8 Å². The Morgan fingerprint density at radius 3 is 2.47 bits per heavy atom. The predicted molar refractivity (Wildman–Crippen MR) is 120 cm³/mol. The minimum absolute atomic E-state index is 0.0428. The third-order valence-corrected chi connectivity index (χ3v) is 7.30. The fraction of sp³-hybridized carbons (Fsp3) is 0.174. The normalized spacial score (nSPS) is 13.9. The Balaban J connectivity index is 1.56. The molecule has 0 saturated carbocycles. The molecule has 1 amide bonds. The molecular formula is C23H21N3O5S. The SMILES string of the molecule is Cc1ccc(S(=O)(=O)N2CCc3ccc(NC(=O)c4ccccc4[N+](=O)[O-])cc3C2)cc1.